The van der Waals surface area contributed by atoms with Crippen molar-refractivity contribution in [2.75, 3.05) is 6.54 Å². The van der Waals surface area contributed by atoms with Crippen LogP contribution in [0, 0.1) is 5.92 Å². The largest absolute Gasteiger partial charge is 0.354 e. The van der Waals surface area contributed by atoms with Gasteiger partial charge in [0.15, 0.2) is 0 Å². The molecule has 0 radical (unpaired) electrons. The minimum Gasteiger partial charge on any atom is -0.354 e. The first kappa shape index (κ1) is 11.1. The second kappa shape index (κ2) is 4.65. The van der Waals surface area contributed by atoms with Crippen molar-refractivity contribution in [3.63, 3.8) is 0 Å². The zero-order valence-electron chi connectivity index (χ0n) is 9.73. The summed E-state index contributed by atoms with van der Waals surface area (Å²) in [7, 11) is 0. The predicted octanol–water partition coefficient (Wildman–Crippen LogP) is 0.127. The number of amides is 1. The Kier molecular flexibility index (Phi) is 3.24. The summed E-state index contributed by atoms with van der Waals surface area (Å²) < 4.78 is 1.91. The lowest BCUT2D eigenvalue weighted by Crippen LogP contribution is -2.40. The summed E-state index contributed by atoms with van der Waals surface area (Å²) in [5.41, 5.74) is 1.14. The molecule has 1 unspecified atom stereocenters. The molecule has 0 aromatic carbocycles. The summed E-state index contributed by atoms with van der Waals surface area (Å²) in [5.74, 6) is 0.0643. The van der Waals surface area contributed by atoms with Gasteiger partial charge in [-0.3, -0.25) is 9.48 Å². The molecule has 2 N–H and O–H groups in total. The van der Waals surface area contributed by atoms with Gasteiger partial charge in [0.1, 0.15) is 0 Å². The van der Waals surface area contributed by atoms with E-state index in [0.717, 1.165) is 12.2 Å². The van der Waals surface area contributed by atoms with E-state index in [9.17, 15) is 4.79 Å². The van der Waals surface area contributed by atoms with Crippen molar-refractivity contribution in [2.45, 2.75) is 33.0 Å². The lowest BCUT2D eigenvalue weighted by molar-refractivity contribution is -0.125. The molecule has 0 saturated carbocycles. The van der Waals surface area contributed by atoms with Crippen LogP contribution in [0.3, 0.4) is 0 Å². The summed E-state index contributed by atoms with van der Waals surface area (Å²) >= 11 is 0. The summed E-state index contributed by atoms with van der Waals surface area (Å²) in [6.45, 7) is 6.10. The van der Waals surface area contributed by atoms with E-state index in [1.54, 1.807) is 6.20 Å². The fourth-order valence-electron chi connectivity index (χ4n) is 1.90. The Morgan fingerprint density at radius 1 is 1.69 bits per heavy atom. The summed E-state index contributed by atoms with van der Waals surface area (Å²) in [5, 5.41) is 10.4. The van der Waals surface area contributed by atoms with Gasteiger partial charge < -0.3 is 10.6 Å². The molecule has 5 nitrogen and oxygen atoms in total. The lowest BCUT2D eigenvalue weighted by atomic mass is 10.1. The third kappa shape index (κ3) is 2.41. The highest BCUT2D eigenvalue weighted by Gasteiger charge is 2.23. The average Bonchev–Trinajstić information content (AvgIpc) is 2.54. The molecular weight excluding hydrogens is 204 g/mol. The minimum atomic E-state index is -0.0384. The molecule has 16 heavy (non-hydrogen) atoms. The summed E-state index contributed by atoms with van der Waals surface area (Å²) in [6, 6.07) is 2.17. The van der Waals surface area contributed by atoms with E-state index >= 15 is 0 Å². The van der Waals surface area contributed by atoms with E-state index in [1.165, 1.54) is 0 Å². The molecule has 2 rings (SSSR count). The van der Waals surface area contributed by atoms with Crippen molar-refractivity contribution in [3.05, 3.63) is 18.0 Å². The Balaban J connectivity index is 2.05. The number of rotatable bonds is 2. The molecular formula is C11H18N4O. The van der Waals surface area contributed by atoms with Gasteiger partial charge in [0.25, 0.3) is 0 Å². The van der Waals surface area contributed by atoms with Gasteiger partial charge >= 0.3 is 0 Å². The van der Waals surface area contributed by atoms with Crippen LogP contribution in [0.15, 0.2) is 12.3 Å². The average molecular weight is 222 g/mol. The third-order valence-corrected chi connectivity index (χ3v) is 2.70. The second-order valence-corrected chi connectivity index (χ2v) is 4.50. The standard InChI is InChI=1S/C11H18N4O/c1-8(2)14-11(16)9-5-12-6-10-3-4-13-15(10)7-9/h3-4,8-9,12H,5-7H2,1-2H3,(H,14,16). The monoisotopic (exact) mass is 222 g/mol. The Morgan fingerprint density at radius 3 is 3.25 bits per heavy atom. The van der Waals surface area contributed by atoms with E-state index in [1.807, 2.05) is 24.6 Å². The zero-order valence-corrected chi connectivity index (χ0v) is 9.73. The molecule has 88 valence electrons. The Labute approximate surface area is 95.2 Å². The maximum atomic E-state index is 11.9. The van der Waals surface area contributed by atoms with Gasteiger partial charge in [-0.15, -0.1) is 0 Å². The number of aromatic nitrogens is 2. The fourth-order valence-corrected chi connectivity index (χ4v) is 1.90. The van der Waals surface area contributed by atoms with E-state index in [-0.39, 0.29) is 17.9 Å². The van der Waals surface area contributed by atoms with Crippen molar-refractivity contribution in [3.8, 4) is 0 Å². The van der Waals surface area contributed by atoms with Crippen molar-refractivity contribution in [1.82, 2.24) is 20.4 Å². The van der Waals surface area contributed by atoms with E-state index in [2.05, 4.69) is 15.7 Å². The number of carbonyl (C=O) groups excluding carboxylic acids is 1. The number of fused-ring (bicyclic) bond motifs is 1. The van der Waals surface area contributed by atoms with Gasteiger partial charge in [-0.1, -0.05) is 0 Å². The Morgan fingerprint density at radius 2 is 2.50 bits per heavy atom. The van der Waals surface area contributed by atoms with Gasteiger partial charge in [0, 0.05) is 25.3 Å². The second-order valence-electron chi connectivity index (χ2n) is 4.50. The highest BCUT2D eigenvalue weighted by molar-refractivity contribution is 5.79. The van der Waals surface area contributed by atoms with Crippen molar-refractivity contribution < 1.29 is 4.79 Å². The van der Waals surface area contributed by atoms with Crippen LogP contribution in [0.5, 0.6) is 0 Å². The van der Waals surface area contributed by atoms with Crippen molar-refractivity contribution >= 4 is 5.91 Å². The van der Waals surface area contributed by atoms with Crippen LogP contribution in [0.4, 0.5) is 0 Å². The SMILES string of the molecule is CC(C)NC(=O)C1CNCc2ccnn2C1. The minimum absolute atomic E-state index is 0.0384. The highest BCUT2D eigenvalue weighted by Crippen LogP contribution is 2.09. The Bertz CT molecular complexity index is 372. The van der Waals surface area contributed by atoms with Gasteiger partial charge in [-0.25, -0.2) is 0 Å². The highest BCUT2D eigenvalue weighted by atomic mass is 16.2. The molecule has 2 heterocycles. The van der Waals surface area contributed by atoms with E-state index in [4.69, 9.17) is 0 Å². The molecule has 0 fully saturated rings. The van der Waals surface area contributed by atoms with Gasteiger partial charge in [-0.05, 0) is 19.9 Å². The molecule has 1 amide bonds. The molecule has 1 aromatic heterocycles. The maximum absolute atomic E-state index is 11.9. The first-order valence-electron chi connectivity index (χ1n) is 5.68. The molecule has 0 saturated heterocycles. The number of nitrogens with zero attached hydrogens (tertiary/aromatic N) is 2. The van der Waals surface area contributed by atoms with Crippen LogP contribution < -0.4 is 10.6 Å². The van der Waals surface area contributed by atoms with Crippen molar-refractivity contribution in [2.24, 2.45) is 5.92 Å². The number of carbonyl (C=O) groups is 1. The number of nitrogens with one attached hydrogen (secondary N) is 2. The lowest BCUT2D eigenvalue weighted by Gasteiger charge is -2.16. The smallest absolute Gasteiger partial charge is 0.226 e. The molecule has 5 heteroatoms. The quantitative estimate of drug-likeness (QED) is 0.747. The van der Waals surface area contributed by atoms with Crippen LogP contribution in [0.25, 0.3) is 0 Å². The fraction of sp³-hybridized carbons (Fsp3) is 0.636. The van der Waals surface area contributed by atoms with Crippen molar-refractivity contribution in [1.29, 1.82) is 0 Å². The third-order valence-electron chi connectivity index (χ3n) is 2.70. The van der Waals surface area contributed by atoms with E-state index in [0.29, 0.717) is 13.1 Å². The van der Waals surface area contributed by atoms with Gasteiger partial charge in [0.2, 0.25) is 5.91 Å². The predicted molar refractivity (Wildman–Crippen MR) is 60.7 cm³/mol. The Hall–Kier alpha value is -1.36. The van der Waals surface area contributed by atoms with Gasteiger partial charge in [-0.2, -0.15) is 5.10 Å². The molecule has 1 aromatic rings. The first-order valence-corrected chi connectivity index (χ1v) is 5.68. The van der Waals surface area contributed by atoms with Gasteiger partial charge in [0.05, 0.1) is 18.2 Å². The molecule has 1 aliphatic rings. The molecule has 0 spiro atoms. The van der Waals surface area contributed by atoms with Crippen LogP contribution in [0.1, 0.15) is 19.5 Å². The van der Waals surface area contributed by atoms with Crippen LogP contribution in [-0.2, 0) is 17.9 Å². The van der Waals surface area contributed by atoms with E-state index < -0.39 is 0 Å². The number of hydrogen-bond donors (Lipinski definition) is 2. The normalized spacial score (nSPS) is 20.3. The molecule has 1 aliphatic heterocycles. The molecule has 0 aliphatic carbocycles. The summed E-state index contributed by atoms with van der Waals surface area (Å²) in [6.07, 6.45) is 1.78. The van der Waals surface area contributed by atoms with Crippen LogP contribution >= 0.6 is 0 Å². The molecule has 1 atom stereocenters. The van der Waals surface area contributed by atoms with Crippen LogP contribution in [0.2, 0.25) is 0 Å². The topological polar surface area (TPSA) is 59.0 Å². The zero-order chi connectivity index (χ0) is 11.5. The van der Waals surface area contributed by atoms with Crippen LogP contribution in [-0.4, -0.2) is 28.3 Å². The number of hydrogen-bond acceptors (Lipinski definition) is 3. The first-order chi connectivity index (χ1) is 7.66. The molecule has 0 bridgehead atoms. The maximum Gasteiger partial charge on any atom is 0.226 e. The summed E-state index contributed by atoms with van der Waals surface area (Å²) in [4.78, 5) is 11.9.